The molecule has 1 heterocycles. The van der Waals surface area contributed by atoms with Crippen LogP contribution in [-0.4, -0.2) is 17.4 Å². The molecule has 0 radical (unpaired) electrons. The highest BCUT2D eigenvalue weighted by Crippen LogP contribution is 2.15. The second-order valence-electron chi connectivity index (χ2n) is 6.53. The largest absolute Gasteiger partial charge is 0.346 e. The number of thiophene rings is 1. The molecule has 0 atom stereocenters. The van der Waals surface area contributed by atoms with Crippen LogP contribution in [-0.2, 0) is 4.79 Å². The summed E-state index contributed by atoms with van der Waals surface area (Å²) < 4.78 is 0. The number of benzene rings is 1. The lowest BCUT2D eigenvalue weighted by molar-refractivity contribution is -0.119. The van der Waals surface area contributed by atoms with E-state index >= 15 is 0 Å². The topological polar surface area (TPSA) is 58.2 Å². The SMILES string of the molecule is CCC(C)(C)NC(=O)/C(=C/c1cccs1)NC(=O)c1ccccc1C. The van der Waals surface area contributed by atoms with Gasteiger partial charge in [-0.15, -0.1) is 11.3 Å². The van der Waals surface area contributed by atoms with Gasteiger partial charge in [-0.3, -0.25) is 9.59 Å². The summed E-state index contributed by atoms with van der Waals surface area (Å²) >= 11 is 1.51. The van der Waals surface area contributed by atoms with E-state index in [2.05, 4.69) is 10.6 Å². The Balaban J connectivity index is 2.28. The molecule has 5 heteroatoms. The molecule has 0 aliphatic rings. The van der Waals surface area contributed by atoms with E-state index in [-0.39, 0.29) is 23.1 Å². The van der Waals surface area contributed by atoms with Crippen molar-refractivity contribution in [3.05, 3.63) is 63.5 Å². The summed E-state index contributed by atoms with van der Waals surface area (Å²) in [5.41, 5.74) is 1.32. The van der Waals surface area contributed by atoms with Crippen LogP contribution >= 0.6 is 11.3 Å². The highest BCUT2D eigenvalue weighted by Gasteiger charge is 2.22. The lowest BCUT2D eigenvalue weighted by Crippen LogP contribution is -2.46. The normalized spacial score (nSPS) is 11.9. The van der Waals surface area contributed by atoms with Crippen molar-refractivity contribution in [2.45, 2.75) is 39.7 Å². The number of hydrogen-bond acceptors (Lipinski definition) is 3. The van der Waals surface area contributed by atoms with Crippen LogP contribution in [0.5, 0.6) is 0 Å². The molecule has 0 fully saturated rings. The molecule has 0 saturated carbocycles. The average molecular weight is 356 g/mol. The van der Waals surface area contributed by atoms with Crippen molar-refractivity contribution >= 4 is 29.2 Å². The maximum Gasteiger partial charge on any atom is 0.268 e. The predicted octanol–water partition coefficient (Wildman–Crippen LogP) is 4.13. The van der Waals surface area contributed by atoms with Crippen molar-refractivity contribution in [2.75, 3.05) is 0 Å². The monoisotopic (exact) mass is 356 g/mol. The molecule has 2 aromatic rings. The zero-order valence-corrected chi connectivity index (χ0v) is 15.9. The summed E-state index contributed by atoms with van der Waals surface area (Å²) in [6.45, 7) is 7.79. The number of nitrogens with one attached hydrogen (secondary N) is 2. The van der Waals surface area contributed by atoms with Gasteiger partial charge in [0.15, 0.2) is 0 Å². The van der Waals surface area contributed by atoms with Crippen LogP contribution in [0.1, 0.15) is 48.0 Å². The van der Waals surface area contributed by atoms with Crippen molar-refractivity contribution < 1.29 is 9.59 Å². The van der Waals surface area contributed by atoms with Gasteiger partial charge in [-0.1, -0.05) is 31.2 Å². The van der Waals surface area contributed by atoms with Gasteiger partial charge in [0.2, 0.25) is 0 Å². The fourth-order valence-electron chi connectivity index (χ4n) is 2.15. The van der Waals surface area contributed by atoms with Gasteiger partial charge >= 0.3 is 0 Å². The first kappa shape index (κ1) is 18.9. The lowest BCUT2D eigenvalue weighted by atomic mass is 10.0. The fourth-order valence-corrected chi connectivity index (χ4v) is 2.81. The van der Waals surface area contributed by atoms with Crippen molar-refractivity contribution in [2.24, 2.45) is 0 Å². The van der Waals surface area contributed by atoms with Crippen molar-refractivity contribution in [3.8, 4) is 0 Å². The first-order chi connectivity index (χ1) is 11.8. The molecule has 0 aliphatic heterocycles. The van der Waals surface area contributed by atoms with Crippen LogP contribution in [0.25, 0.3) is 6.08 Å². The summed E-state index contributed by atoms with van der Waals surface area (Å²) in [5.74, 6) is -0.576. The average Bonchev–Trinajstić information content (AvgIpc) is 3.07. The van der Waals surface area contributed by atoms with E-state index in [1.807, 2.05) is 63.4 Å². The number of carbonyl (C=O) groups excluding carboxylic acids is 2. The Morgan fingerprint density at radius 3 is 2.48 bits per heavy atom. The van der Waals surface area contributed by atoms with E-state index in [1.54, 1.807) is 12.1 Å². The molecule has 2 rings (SSSR count). The van der Waals surface area contributed by atoms with E-state index in [0.717, 1.165) is 16.9 Å². The minimum atomic E-state index is -0.348. The molecule has 0 spiro atoms. The Morgan fingerprint density at radius 2 is 1.88 bits per heavy atom. The Morgan fingerprint density at radius 1 is 1.16 bits per heavy atom. The Kier molecular flexibility index (Phi) is 6.15. The molecule has 1 aromatic carbocycles. The Bertz CT molecular complexity index is 777. The summed E-state index contributed by atoms with van der Waals surface area (Å²) in [6, 6.07) is 11.1. The summed E-state index contributed by atoms with van der Waals surface area (Å²) in [7, 11) is 0. The summed E-state index contributed by atoms with van der Waals surface area (Å²) in [5, 5.41) is 7.68. The van der Waals surface area contributed by atoms with Crippen LogP contribution in [0.4, 0.5) is 0 Å². The van der Waals surface area contributed by atoms with E-state index < -0.39 is 0 Å². The van der Waals surface area contributed by atoms with E-state index in [0.29, 0.717) is 5.56 Å². The van der Waals surface area contributed by atoms with Crippen LogP contribution in [0.3, 0.4) is 0 Å². The van der Waals surface area contributed by atoms with E-state index in [4.69, 9.17) is 0 Å². The highest BCUT2D eigenvalue weighted by atomic mass is 32.1. The molecule has 0 aliphatic carbocycles. The van der Waals surface area contributed by atoms with Crippen LogP contribution in [0.15, 0.2) is 47.5 Å². The molecule has 2 N–H and O–H groups in total. The van der Waals surface area contributed by atoms with Gasteiger partial charge in [0.25, 0.3) is 11.8 Å². The zero-order valence-electron chi connectivity index (χ0n) is 15.1. The molecule has 4 nitrogen and oxygen atoms in total. The van der Waals surface area contributed by atoms with Crippen LogP contribution in [0, 0.1) is 6.92 Å². The van der Waals surface area contributed by atoms with Crippen molar-refractivity contribution in [1.82, 2.24) is 10.6 Å². The number of hydrogen-bond donors (Lipinski definition) is 2. The second kappa shape index (κ2) is 8.12. The highest BCUT2D eigenvalue weighted by molar-refractivity contribution is 7.10. The van der Waals surface area contributed by atoms with Gasteiger partial charge in [-0.05, 0) is 56.3 Å². The lowest BCUT2D eigenvalue weighted by Gasteiger charge is -2.25. The standard InChI is InChI=1S/C20H24N2O2S/c1-5-20(3,4)22-19(24)17(13-15-10-8-12-25-15)21-18(23)16-11-7-6-9-14(16)2/h6-13H,5H2,1-4H3,(H,21,23)(H,22,24)/b17-13-. The minimum absolute atomic E-state index is 0.247. The predicted molar refractivity (Wildman–Crippen MR) is 103 cm³/mol. The smallest absolute Gasteiger partial charge is 0.268 e. The van der Waals surface area contributed by atoms with Gasteiger partial charge in [-0.2, -0.15) is 0 Å². The second-order valence-corrected chi connectivity index (χ2v) is 7.51. The third kappa shape index (κ3) is 5.29. The summed E-state index contributed by atoms with van der Waals surface area (Å²) in [4.78, 5) is 26.2. The van der Waals surface area contributed by atoms with Crippen molar-refractivity contribution in [3.63, 3.8) is 0 Å². The molecule has 0 unspecified atom stereocenters. The maximum absolute atomic E-state index is 12.7. The maximum atomic E-state index is 12.7. The fraction of sp³-hybridized carbons (Fsp3) is 0.300. The molecular formula is C20H24N2O2S. The third-order valence-corrected chi connectivity index (χ3v) is 4.87. The first-order valence-electron chi connectivity index (χ1n) is 8.27. The molecule has 25 heavy (non-hydrogen) atoms. The van der Waals surface area contributed by atoms with Gasteiger partial charge < -0.3 is 10.6 Å². The molecule has 2 amide bonds. The quantitative estimate of drug-likeness (QED) is 0.765. The Hall–Kier alpha value is -2.40. The Labute approximate surface area is 153 Å². The third-order valence-electron chi connectivity index (χ3n) is 4.05. The van der Waals surface area contributed by atoms with Crippen LogP contribution < -0.4 is 10.6 Å². The number of carbonyl (C=O) groups is 2. The van der Waals surface area contributed by atoms with Crippen LogP contribution in [0.2, 0.25) is 0 Å². The number of aryl methyl sites for hydroxylation is 1. The number of amides is 2. The zero-order chi connectivity index (χ0) is 18.4. The molecule has 0 saturated heterocycles. The summed E-state index contributed by atoms with van der Waals surface area (Å²) in [6.07, 6.45) is 2.50. The van der Waals surface area contributed by atoms with Gasteiger partial charge in [0.05, 0.1) is 0 Å². The first-order valence-corrected chi connectivity index (χ1v) is 9.15. The minimum Gasteiger partial charge on any atom is -0.346 e. The van der Waals surface area contributed by atoms with Gasteiger partial charge in [-0.25, -0.2) is 0 Å². The molecule has 132 valence electrons. The van der Waals surface area contributed by atoms with Crippen molar-refractivity contribution in [1.29, 1.82) is 0 Å². The van der Waals surface area contributed by atoms with E-state index in [9.17, 15) is 9.59 Å². The van der Waals surface area contributed by atoms with Gasteiger partial charge in [0.1, 0.15) is 5.70 Å². The van der Waals surface area contributed by atoms with E-state index in [1.165, 1.54) is 11.3 Å². The van der Waals surface area contributed by atoms with Gasteiger partial charge in [0, 0.05) is 16.0 Å². The molecule has 1 aromatic heterocycles. The number of rotatable bonds is 6. The molecule has 0 bridgehead atoms. The molecular weight excluding hydrogens is 332 g/mol.